The maximum absolute atomic E-state index is 14.4. The zero-order valence-corrected chi connectivity index (χ0v) is 17.6. The van der Waals surface area contributed by atoms with Gasteiger partial charge in [-0.25, -0.2) is 32.8 Å². The van der Waals surface area contributed by atoms with Gasteiger partial charge in [-0.1, -0.05) is 6.07 Å². The average Bonchev–Trinajstić information content (AvgIpc) is 3.51. The van der Waals surface area contributed by atoms with Crippen LogP contribution in [-0.2, 0) is 6.54 Å². The van der Waals surface area contributed by atoms with E-state index < -0.39 is 23.4 Å². The van der Waals surface area contributed by atoms with Gasteiger partial charge in [-0.15, -0.1) is 0 Å². The third-order valence-electron chi connectivity index (χ3n) is 5.57. The van der Waals surface area contributed by atoms with Crippen molar-refractivity contribution in [2.75, 3.05) is 7.11 Å². The van der Waals surface area contributed by atoms with Gasteiger partial charge < -0.3 is 9.30 Å². The Hall–Kier alpha value is -3.95. The number of hydrogen-bond donors (Lipinski definition) is 0. The van der Waals surface area contributed by atoms with Crippen molar-refractivity contribution in [1.82, 2.24) is 29.3 Å². The van der Waals surface area contributed by atoms with Crippen LogP contribution in [0.25, 0.3) is 17.8 Å². The van der Waals surface area contributed by atoms with E-state index in [2.05, 4.69) is 20.1 Å². The molecule has 4 aromatic rings. The molecule has 0 radical (unpaired) electrons. The summed E-state index contributed by atoms with van der Waals surface area (Å²) in [5.41, 5.74) is 1.46. The molecule has 0 aliphatic carbocycles. The molecule has 1 unspecified atom stereocenters. The number of methoxy groups -OCH3 is 1. The third-order valence-corrected chi connectivity index (χ3v) is 5.57. The number of aromatic nitrogens is 6. The number of aryl methyl sites for hydroxylation is 1. The van der Waals surface area contributed by atoms with E-state index in [9.17, 15) is 13.2 Å². The van der Waals surface area contributed by atoms with Gasteiger partial charge in [0, 0.05) is 30.4 Å². The van der Waals surface area contributed by atoms with E-state index in [0.29, 0.717) is 36.2 Å². The van der Waals surface area contributed by atoms with E-state index >= 15 is 0 Å². The molecule has 3 aromatic heterocycles. The van der Waals surface area contributed by atoms with Gasteiger partial charge in [-0.3, -0.25) is 0 Å². The maximum Gasteiger partial charge on any atom is 0.238 e. The molecule has 4 heterocycles. The number of ether oxygens (including phenoxy) is 1. The molecule has 0 saturated carbocycles. The molecule has 0 spiro atoms. The first-order valence-corrected chi connectivity index (χ1v) is 10.3. The Kier molecular flexibility index (Phi) is 5.41. The quantitative estimate of drug-likeness (QED) is 0.421. The molecule has 0 amide bonds. The first kappa shape index (κ1) is 20.9. The van der Waals surface area contributed by atoms with Gasteiger partial charge in [0.1, 0.15) is 11.5 Å². The van der Waals surface area contributed by atoms with Crippen LogP contribution in [0.2, 0.25) is 0 Å². The summed E-state index contributed by atoms with van der Waals surface area (Å²) in [5.74, 6) is -2.99. The highest BCUT2D eigenvalue weighted by atomic mass is 19.2. The second-order valence-corrected chi connectivity index (χ2v) is 7.58. The zero-order chi connectivity index (χ0) is 22.9. The van der Waals surface area contributed by atoms with Crippen LogP contribution in [0.15, 0.2) is 43.0 Å². The van der Waals surface area contributed by atoms with Crippen molar-refractivity contribution in [2.24, 2.45) is 0 Å². The molecule has 0 fully saturated rings. The van der Waals surface area contributed by atoms with Gasteiger partial charge in [-0.05, 0) is 43.2 Å². The fraction of sp³-hybridized carbons (Fsp3) is 0.217. The molecule has 7 nitrogen and oxygen atoms in total. The Morgan fingerprint density at radius 2 is 1.94 bits per heavy atom. The standard InChI is InChI=1S/C23H19F3N6O/c1-33-23-18(31-12-10-27-13-31)8-4-14(28-23)5-9-19-29-22-16(3-2-11-32(22)30-19)15-6-7-17(24)21(26)20(15)25/h4-10,12-13,16H,2-3,11H2,1H3. The number of nitrogens with zero attached hydrogens (tertiary/aromatic N) is 6. The van der Waals surface area contributed by atoms with Gasteiger partial charge >= 0.3 is 0 Å². The minimum absolute atomic E-state index is 0.0827. The number of fused-ring (bicyclic) bond motifs is 1. The number of hydrogen-bond acceptors (Lipinski definition) is 5. The largest absolute Gasteiger partial charge is 0.479 e. The van der Waals surface area contributed by atoms with Crippen molar-refractivity contribution in [3.63, 3.8) is 0 Å². The molecule has 1 aromatic carbocycles. The molecule has 5 rings (SSSR count). The second kappa shape index (κ2) is 8.53. The van der Waals surface area contributed by atoms with Crippen molar-refractivity contribution in [3.05, 3.63) is 83.3 Å². The second-order valence-electron chi connectivity index (χ2n) is 7.58. The number of halogens is 3. The van der Waals surface area contributed by atoms with E-state index in [1.807, 2.05) is 12.1 Å². The van der Waals surface area contributed by atoms with Crippen LogP contribution < -0.4 is 4.74 Å². The van der Waals surface area contributed by atoms with E-state index in [4.69, 9.17) is 4.74 Å². The van der Waals surface area contributed by atoms with Crippen LogP contribution in [0.4, 0.5) is 13.2 Å². The molecule has 1 atom stereocenters. The summed E-state index contributed by atoms with van der Waals surface area (Å²) < 4.78 is 50.4. The van der Waals surface area contributed by atoms with Gasteiger partial charge in [0.25, 0.3) is 0 Å². The van der Waals surface area contributed by atoms with Crippen molar-refractivity contribution >= 4 is 12.2 Å². The monoisotopic (exact) mass is 452 g/mol. The topological polar surface area (TPSA) is 70.7 Å². The smallest absolute Gasteiger partial charge is 0.238 e. The van der Waals surface area contributed by atoms with Crippen LogP contribution in [0, 0.1) is 17.5 Å². The lowest BCUT2D eigenvalue weighted by atomic mass is 9.90. The molecular weight excluding hydrogens is 433 g/mol. The number of benzene rings is 1. The Balaban J connectivity index is 1.43. The highest BCUT2D eigenvalue weighted by Crippen LogP contribution is 2.34. The maximum atomic E-state index is 14.4. The Labute approximate surface area is 187 Å². The van der Waals surface area contributed by atoms with E-state index in [1.165, 1.54) is 6.07 Å². The highest BCUT2D eigenvalue weighted by Gasteiger charge is 2.29. The highest BCUT2D eigenvalue weighted by molar-refractivity contribution is 5.65. The average molecular weight is 452 g/mol. The number of rotatable bonds is 5. The predicted molar refractivity (Wildman–Crippen MR) is 114 cm³/mol. The van der Waals surface area contributed by atoms with E-state index in [-0.39, 0.29) is 5.56 Å². The van der Waals surface area contributed by atoms with Crippen LogP contribution in [0.5, 0.6) is 5.88 Å². The van der Waals surface area contributed by atoms with Crippen molar-refractivity contribution in [2.45, 2.75) is 25.3 Å². The summed E-state index contributed by atoms with van der Waals surface area (Å²) in [6, 6.07) is 5.90. The first-order valence-electron chi connectivity index (χ1n) is 10.3. The molecule has 33 heavy (non-hydrogen) atoms. The summed E-state index contributed by atoms with van der Waals surface area (Å²) in [6.45, 7) is 0.615. The van der Waals surface area contributed by atoms with Gasteiger partial charge in [0.2, 0.25) is 5.88 Å². The lowest BCUT2D eigenvalue weighted by molar-refractivity contribution is 0.395. The fourth-order valence-corrected chi connectivity index (χ4v) is 3.99. The molecule has 0 N–H and O–H groups in total. The molecule has 0 bridgehead atoms. The molecule has 1 aliphatic rings. The summed E-state index contributed by atoms with van der Waals surface area (Å²) in [5, 5.41) is 4.47. The molecule has 168 valence electrons. The molecular formula is C23H19F3N6O. The van der Waals surface area contributed by atoms with Crippen LogP contribution >= 0.6 is 0 Å². The molecule has 1 aliphatic heterocycles. The van der Waals surface area contributed by atoms with E-state index in [0.717, 1.165) is 18.2 Å². The Morgan fingerprint density at radius 1 is 1.06 bits per heavy atom. The van der Waals surface area contributed by atoms with Crippen LogP contribution in [-0.4, -0.2) is 36.4 Å². The summed E-state index contributed by atoms with van der Waals surface area (Å²) in [7, 11) is 1.54. The van der Waals surface area contributed by atoms with Crippen LogP contribution in [0.1, 0.15) is 41.7 Å². The Bertz CT molecular complexity index is 1330. The summed E-state index contributed by atoms with van der Waals surface area (Å²) >= 11 is 0. The minimum atomic E-state index is -1.47. The van der Waals surface area contributed by atoms with Gasteiger partial charge in [0.05, 0.1) is 19.1 Å². The lowest BCUT2D eigenvalue weighted by Gasteiger charge is -2.22. The van der Waals surface area contributed by atoms with Crippen molar-refractivity contribution < 1.29 is 17.9 Å². The normalized spacial score (nSPS) is 15.7. The summed E-state index contributed by atoms with van der Waals surface area (Å²) in [6.07, 6.45) is 9.84. The van der Waals surface area contributed by atoms with Crippen molar-refractivity contribution in [1.29, 1.82) is 0 Å². The third kappa shape index (κ3) is 3.88. The molecule has 10 heteroatoms. The number of imidazole rings is 1. The zero-order valence-electron chi connectivity index (χ0n) is 17.6. The molecule has 0 saturated heterocycles. The fourth-order valence-electron chi connectivity index (χ4n) is 3.99. The number of pyridine rings is 1. The Morgan fingerprint density at radius 3 is 2.73 bits per heavy atom. The van der Waals surface area contributed by atoms with E-state index in [1.54, 1.807) is 47.2 Å². The van der Waals surface area contributed by atoms with Gasteiger partial charge in [-0.2, -0.15) is 5.10 Å². The predicted octanol–water partition coefficient (Wildman–Crippen LogP) is 4.38. The van der Waals surface area contributed by atoms with Gasteiger partial charge in [0.15, 0.2) is 23.3 Å². The van der Waals surface area contributed by atoms with Crippen LogP contribution in [0.3, 0.4) is 0 Å². The lowest BCUT2D eigenvalue weighted by Crippen LogP contribution is -2.19. The SMILES string of the molecule is COc1nc(C=Cc2nc3n(n2)CCCC3c2ccc(F)c(F)c2F)ccc1-n1ccnc1. The summed E-state index contributed by atoms with van der Waals surface area (Å²) in [4.78, 5) is 13.0. The first-order chi connectivity index (χ1) is 16.0. The van der Waals surface area contributed by atoms with Crippen molar-refractivity contribution in [3.8, 4) is 11.6 Å². The minimum Gasteiger partial charge on any atom is -0.479 e.